The number of carbonyl (C=O) groups excluding carboxylic acids is 4. The first-order valence-corrected chi connectivity index (χ1v) is 23.8. The Balaban J connectivity index is 1.07. The number of alkyl carbamates (subject to hydrolysis) is 2. The number of likely N-dealkylation sites (tertiary alicyclic amines) is 1. The lowest BCUT2D eigenvalue weighted by Gasteiger charge is -2.30. The van der Waals surface area contributed by atoms with Gasteiger partial charge in [-0.1, -0.05) is 65.1 Å². The Hall–Kier alpha value is -5.22. The van der Waals surface area contributed by atoms with Crippen molar-refractivity contribution in [2.75, 3.05) is 26.9 Å². The Kier molecular flexibility index (Phi) is 11.2. The van der Waals surface area contributed by atoms with Crippen molar-refractivity contribution in [3.8, 4) is 21.7 Å². The van der Waals surface area contributed by atoms with Crippen LogP contribution in [-0.4, -0.2) is 101 Å². The van der Waals surface area contributed by atoms with Crippen LogP contribution in [0.15, 0.2) is 48.7 Å². The number of hydrogen-bond acceptors (Lipinski definition) is 9. The van der Waals surface area contributed by atoms with Gasteiger partial charge in [0.1, 0.15) is 23.7 Å². The monoisotopic (exact) mass is 812 g/mol. The third-order valence-corrected chi connectivity index (χ3v) is 15.0. The van der Waals surface area contributed by atoms with Crippen LogP contribution in [0.3, 0.4) is 0 Å². The van der Waals surface area contributed by atoms with E-state index in [-0.39, 0.29) is 35.7 Å². The predicted octanol–water partition coefficient (Wildman–Crippen LogP) is 7.39. The molecule has 4 atom stereocenters. The lowest BCUT2D eigenvalue weighted by molar-refractivity contribution is -0.136. The number of H-pyrrole nitrogens is 2. The van der Waals surface area contributed by atoms with E-state index in [0.29, 0.717) is 12.7 Å². The molecule has 4 N–H and O–H groups in total. The van der Waals surface area contributed by atoms with Crippen molar-refractivity contribution in [1.29, 1.82) is 0 Å². The fourth-order valence-electron chi connectivity index (χ4n) is 8.15. The van der Waals surface area contributed by atoms with Crippen LogP contribution in [0.2, 0.25) is 19.1 Å². The zero-order valence-electron chi connectivity index (χ0n) is 33.8. The van der Waals surface area contributed by atoms with Crippen LogP contribution in [0.5, 0.6) is 0 Å². The van der Waals surface area contributed by atoms with Crippen LogP contribution in [0, 0.1) is 11.8 Å². The zero-order valence-corrected chi connectivity index (χ0v) is 35.6. The van der Waals surface area contributed by atoms with Crippen LogP contribution in [0.25, 0.3) is 42.8 Å². The highest BCUT2D eigenvalue weighted by molar-refractivity contribution is 7.22. The minimum absolute atomic E-state index is 0.104. The summed E-state index contributed by atoms with van der Waals surface area (Å²) < 4.78 is 10.7. The molecule has 2 aromatic carbocycles. The molecule has 2 aliphatic rings. The number of carbonyl (C=O) groups is 4. The molecule has 5 heterocycles. The molecule has 14 nitrogen and oxygen atoms in total. The predicted molar refractivity (Wildman–Crippen MR) is 223 cm³/mol. The molecule has 2 saturated heterocycles. The minimum Gasteiger partial charge on any atom is -0.453 e. The van der Waals surface area contributed by atoms with Crippen LogP contribution in [0.4, 0.5) is 9.59 Å². The lowest BCUT2D eigenvalue weighted by Crippen LogP contribution is -2.52. The maximum atomic E-state index is 13.9. The molecule has 16 heteroatoms. The highest BCUT2D eigenvalue weighted by Gasteiger charge is 2.46. The van der Waals surface area contributed by atoms with Crippen molar-refractivity contribution in [2.24, 2.45) is 11.8 Å². The van der Waals surface area contributed by atoms with Gasteiger partial charge < -0.3 is 39.9 Å². The molecule has 3 unspecified atom stereocenters. The fourth-order valence-corrected chi connectivity index (χ4v) is 12.1. The molecule has 0 radical (unpaired) electrons. The smallest absolute Gasteiger partial charge is 0.407 e. The molecule has 4 amide bonds. The number of nitrogens with one attached hydrogen (secondary N) is 4. The highest BCUT2D eigenvalue weighted by Crippen LogP contribution is 2.40. The van der Waals surface area contributed by atoms with Gasteiger partial charge in [-0.05, 0) is 65.4 Å². The van der Waals surface area contributed by atoms with Gasteiger partial charge in [0.15, 0.2) is 0 Å². The number of aromatic amines is 2. The summed E-state index contributed by atoms with van der Waals surface area (Å²) in [6.07, 6.45) is 2.92. The van der Waals surface area contributed by atoms with E-state index in [1.165, 1.54) is 14.2 Å². The van der Waals surface area contributed by atoms with E-state index >= 15 is 0 Å². The van der Waals surface area contributed by atoms with Crippen molar-refractivity contribution >= 4 is 64.5 Å². The van der Waals surface area contributed by atoms with Crippen molar-refractivity contribution in [3.63, 3.8) is 0 Å². The third kappa shape index (κ3) is 8.15. The van der Waals surface area contributed by atoms with Gasteiger partial charge in [0, 0.05) is 22.3 Å². The second-order valence-electron chi connectivity index (χ2n) is 16.7. The maximum absolute atomic E-state index is 13.9. The van der Waals surface area contributed by atoms with E-state index in [2.05, 4.69) is 76.2 Å². The highest BCUT2D eigenvalue weighted by atomic mass is 32.1. The SMILES string of the molecule is COC(=O)NC(C(=O)N1C[Si](C)(C)CC1c1ncc(-c2ccc(-c3cc4cc5[nH]c([C@@H]6CCCN6C(=O)C(NC(=O)OC)C(C)C)nc5cc4s3)cc2)[nH]1)C(C)C. The molecule has 3 aromatic heterocycles. The number of aromatic nitrogens is 4. The van der Waals surface area contributed by atoms with Gasteiger partial charge in [0.05, 0.1) is 57.3 Å². The number of methoxy groups -OCH3 is 2. The van der Waals surface area contributed by atoms with Crippen LogP contribution >= 0.6 is 11.3 Å². The molecule has 0 saturated carbocycles. The Morgan fingerprint density at radius 2 is 1.47 bits per heavy atom. The molecule has 0 spiro atoms. The molecule has 5 aromatic rings. The quantitative estimate of drug-likeness (QED) is 0.106. The molecular weight excluding hydrogens is 761 g/mol. The van der Waals surface area contributed by atoms with Crippen molar-refractivity contribution in [3.05, 3.63) is 60.3 Å². The number of imidazole rings is 2. The average molecular weight is 813 g/mol. The van der Waals surface area contributed by atoms with Gasteiger partial charge in [-0.15, -0.1) is 11.3 Å². The summed E-state index contributed by atoms with van der Waals surface area (Å²) in [5.41, 5.74) is 4.71. The Morgan fingerprint density at radius 1 is 0.842 bits per heavy atom. The van der Waals surface area contributed by atoms with E-state index in [0.717, 1.165) is 73.4 Å². The number of nitrogens with zero attached hydrogens (tertiary/aromatic N) is 4. The number of amides is 4. The molecule has 57 heavy (non-hydrogen) atoms. The lowest BCUT2D eigenvalue weighted by atomic mass is 10.0. The second kappa shape index (κ2) is 16.0. The summed E-state index contributed by atoms with van der Waals surface area (Å²) in [7, 11) is 0.851. The largest absolute Gasteiger partial charge is 0.453 e. The summed E-state index contributed by atoms with van der Waals surface area (Å²) >= 11 is 1.70. The summed E-state index contributed by atoms with van der Waals surface area (Å²) in [4.78, 5) is 73.2. The zero-order chi connectivity index (χ0) is 40.8. The van der Waals surface area contributed by atoms with Crippen molar-refractivity contribution in [1.82, 2.24) is 40.4 Å². The van der Waals surface area contributed by atoms with Gasteiger partial charge in [0.2, 0.25) is 11.8 Å². The van der Waals surface area contributed by atoms with E-state index in [1.54, 1.807) is 11.3 Å². The summed E-state index contributed by atoms with van der Waals surface area (Å²) in [6, 6.07) is 13.9. The standard InChI is InChI=1S/C41H52N8O6SSi/c1-22(2)34(46-40(52)54-5)38(50)48-15-9-10-30(48)37-43-27-16-26-17-32(56-33(26)18-28(27)44-37)25-13-11-24(12-14-25)29-19-42-36(45-29)31-20-57(7,8)21-49(31)39(51)35(23(3)4)47-41(53)55-6/h11-14,16-19,22-23,30-31,34-35H,9-10,15,20-21H2,1-8H3,(H,42,45)(H,43,44)(H,46,52)(H,47,53)/t30-,31?,34?,35?/m0/s1. The number of thiophene rings is 1. The van der Waals surface area contributed by atoms with Crippen molar-refractivity contribution in [2.45, 2.75) is 83.8 Å². The average Bonchev–Trinajstić information content (AvgIpc) is 4.03. The van der Waals surface area contributed by atoms with Gasteiger partial charge in [-0.3, -0.25) is 9.59 Å². The molecule has 2 fully saturated rings. The van der Waals surface area contributed by atoms with Gasteiger partial charge in [0.25, 0.3) is 0 Å². The maximum Gasteiger partial charge on any atom is 0.407 e. The summed E-state index contributed by atoms with van der Waals surface area (Å²) in [6.45, 7) is 12.8. The summed E-state index contributed by atoms with van der Waals surface area (Å²) in [5.74, 6) is 1.04. The van der Waals surface area contributed by atoms with Crippen molar-refractivity contribution < 1.29 is 28.7 Å². The molecule has 7 rings (SSSR count). The topological polar surface area (TPSA) is 175 Å². The van der Waals surface area contributed by atoms with Crippen LogP contribution < -0.4 is 10.6 Å². The Morgan fingerprint density at radius 3 is 2.11 bits per heavy atom. The van der Waals surface area contributed by atoms with Crippen LogP contribution in [0.1, 0.15) is 64.3 Å². The van der Waals surface area contributed by atoms with E-state index < -0.39 is 32.3 Å². The van der Waals surface area contributed by atoms with E-state index in [4.69, 9.17) is 19.4 Å². The van der Waals surface area contributed by atoms with E-state index in [1.807, 2.05) is 43.7 Å². The minimum atomic E-state index is -1.74. The summed E-state index contributed by atoms with van der Waals surface area (Å²) in [5, 5.41) is 6.55. The Bertz CT molecular complexity index is 2250. The first-order chi connectivity index (χ1) is 27.2. The number of rotatable bonds is 10. The Labute approximate surface area is 337 Å². The first-order valence-electron chi connectivity index (χ1n) is 19.5. The normalized spacial score (nSPS) is 19.1. The van der Waals surface area contributed by atoms with Gasteiger partial charge >= 0.3 is 12.2 Å². The second-order valence-corrected chi connectivity index (χ2v) is 22.8. The first kappa shape index (κ1) is 40.0. The molecule has 302 valence electrons. The van der Waals surface area contributed by atoms with E-state index in [9.17, 15) is 19.2 Å². The number of benzene rings is 2. The number of hydrogen-bond donors (Lipinski definition) is 4. The molecular formula is C41H52N8O6SSi. The number of fused-ring (bicyclic) bond motifs is 2. The van der Waals surface area contributed by atoms with Gasteiger partial charge in [-0.25, -0.2) is 19.6 Å². The third-order valence-electron chi connectivity index (χ3n) is 11.2. The molecule has 0 aliphatic carbocycles. The molecule has 0 bridgehead atoms. The number of ether oxygens (including phenoxy) is 2. The van der Waals surface area contributed by atoms with Crippen LogP contribution in [-0.2, 0) is 19.1 Å². The molecule has 2 aliphatic heterocycles. The fraction of sp³-hybridized carbons (Fsp3) is 0.463. The van der Waals surface area contributed by atoms with Gasteiger partial charge in [-0.2, -0.15) is 0 Å².